The SMILES string of the molecule is CC1=C(c2ccc(C(F)(F)F)cc2)COC1Cc1ccccc1. The van der Waals surface area contributed by atoms with Gasteiger partial charge in [0.15, 0.2) is 0 Å². The molecule has 1 aliphatic rings. The molecule has 0 aliphatic carbocycles. The fourth-order valence-corrected chi connectivity index (χ4v) is 2.83. The largest absolute Gasteiger partial charge is 0.416 e. The molecule has 2 aromatic carbocycles. The van der Waals surface area contributed by atoms with Gasteiger partial charge in [0.1, 0.15) is 0 Å². The molecule has 3 rings (SSSR count). The van der Waals surface area contributed by atoms with E-state index in [0.29, 0.717) is 6.61 Å². The van der Waals surface area contributed by atoms with Crippen LogP contribution in [-0.4, -0.2) is 12.7 Å². The summed E-state index contributed by atoms with van der Waals surface area (Å²) in [6, 6.07) is 15.3. The topological polar surface area (TPSA) is 9.23 Å². The number of halogens is 3. The summed E-state index contributed by atoms with van der Waals surface area (Å²) < 4.78 is 43.8. The van der Waals surface area contributed by atoms with Gasteiger partial charge >= 0.3 is 6.18 Å². The molecule has 0 N–H and O–H groups in total. The Morgan fingerprint density at radius 3 is 2.26 bits per heavy atom. The summed E-state index contributed by atoms with van der Waals surface area (Å²) in [6.45, 7) is 2.43. The molecule has 0 spiro atoms. The lowest BCUT2D eigenvalue weighted by Gasteiger charge is -2.11. The zero-order valence-electron chi connectivity index (χ0n) is 12.7. The van der Waals surface area contributed by atoms with Gasteiger partial charge in [0, 0.05) is 6.42 Å². The molecule has 0 bridgehead atoms. The summed E-state index contributed by atoms with van der Waals surface area (Å²) in [6.07, 6.45) is -3.55. The Bertz CT molecular complexity index is 700. The smallest absolute Gasteiger partial charge is 0.369 e. The predicted octanol–water partition coefficient (Wildman–Crippen LogP) is 5.12. The molecule has 0 fully saturated rings. The molecule has 1 aliphatic heterocycles. The van der Waals surface area contributed by atoms with E-state index >= 15 is 0 Å². The van der Waals surface area contributed by atoms with Gasteiger partial charge in [-0.3, -0.25) is 0 Å². The number of hydrogen-bond donors (Lipinski definition) is 0. The number of hydrogen-bond acceptors (Lipinski definition) is 1. The molecule has 1 heterocycles. The van der Waals surface area contributed by atoms with Crippen LogP contribution in [0.2, 0.25) is 0 Å². The standard InChI is InChI=1S/C19H17F3O/c1-13-17(15-7-9-16(10-8-15)19(20,21)22)12-23-18(13)11-14-5-3-2-4-6-14/h2-10,18H,11-12H2,1H3. The molecular weight excluding hydrogens is 301 g/mol. The van der Waals surface area contributed by atoms with Gasteiger partial charge in [0.05, 0.1) is 18.3 Å². The fraction of sp³-hybridized carbons (Fsp3) is 0.263. The third kappa shape index (κ3) is 3.48. The van der Waals surface area contributed by atoms with E-state index in [1.54, 1.807) is 0 Å². The number of benzene rings is 2. The van der Waals surface area contributed by atoms with Crippen LogP contribution < -0.4 is 0 Å². The van der Waals surface area contributed by atoms with Crippen molar-refractivity contribution in [2.24, 2.45) is 0 Å². The minimum Gasteiger partial charge on any atom is -0.369 e. The Labute approximate surface area is 133 Å². The van der Waals surface area contributed by atoms with Gasteiger partial charge in [-0.05, 0) is 41.3 Å². The summed E-state index contributed by atoms with van der Waals surface area (Å²) in [4.78, 5) is 0. The highest BCUT2D eigenvalue weighted by molar-refractivity contribution is 5.71. The third-order valence-corrected chi connectivity index (χ3v) is 4.21. The van der Waals surface area contributed by atoms with Crippen LogP contribution in [0.4, 0.5) is 13.2 Å². The average molecular weight is 318 g/mol. The lowest BCUT2D eigenvalue weighted by molar-refractivity contribution is -0.137. The molecule has 0 aromatic heterocycles. The Morgan fingerprint density at radius 2 is 1.65 bits per heavy atom. The number of ether oxygens (including phenoxy) is 1. The van der Waals surface area contributed by atoms with E-state index in [1.165, 1.54) is 17.7 Å². The van der Waals surface area contributed by atoms with Crippen molar-refractivity contribution in [1.29, 1.82) is 0 Å². The van der Waals surface area contributed by atoms with Crippen LogP contribution in [0, 0.1) is 0 Å². The van der Waals surface area contributed by atoms with E-state index in [1.807, 2.05) is 37.3 Å². The molecule has 1 nitrogen and oxygen atoms in total. The van der Waals surface area contributed by atoms with E-state index in [4.69, 9.17) is 4.74 Å². The summed E-state index contributed by atoms with van der Waals surface area (Å²) >= 11 is 0. The number of alkyl halides is 3. The van der Waals surface area contributed by atoms with Crippen molar-refractivity contribution in [3.05, 3.63) is 76.9 Å². The molecule has 0 saturated carbocycles. The first-order valence-corrected chi connectivity index (χ1v) is 7.48. The Morgan fingerprint density at radius 1 is 1.00 bits per heavy atom. The first-order valence-electron chi connectivity index (χ1n) is 7.48. The second-order valence-electron chi connectivity index (χ2n) is 5.73. The van der Waals surface area contributed by atoms with Crippen LogP contribution in [0.3, 0.4) is 0 Å². The lowest BCUT2D eigenvalue weighted by atomic mass is 9.96. The van der Waals surface area contributed by atoms with Crippen molar-refractivity contribution in [2.75, 3.05) is 6.61 Å². The monoisotopic (exact) mass is 318 g/mol. The van der Waals surface area contributed by atoms with Gasteiger partial charge < -0.3 is 4.74 Å². The summed E-state index contributed by atoms with van der Waals surface area (Å²) in [7, 11) is 0. The molecule has 1 atom stereocenters. The maximum atomic E-state index is 12.6. The minimum absolute atomic E-state index is 0.0188. The van der Waals surface area contributed by atoms with E-state index in [2.05, 4.69) is 0 Å². The van der Waals surface area contributed by atoms with Crippen molar-refractivity contribution in [1.82, 2.24) is 0 Å². The Kier molecular flexibility index (Phi) is 4.26. The van der Waals surface area contributed by atoms with Crippen LogP contribution in [-0.2, 0) is 17.3 Å². The number of rotatable bonds is 3. The van der Waals surface area contributed by atoms with Crippen LogP contribution in [0.1, 0.15) is 23.6 Å². The van der Waals surface area contributed by atoms with Gasteiger partial charge in [0.25, 0.3) is 0 Å². The first-order chi connectivity index (χ1) is 10.9. The maximum absolute atomic E-state index is 12.6. The molecule has 23 heavy (non-hydrogen) atoms. The fourth-order valence-electron chi connectivity index (χ4n) is 2.83. The summed E-state index contributed by atoms with van der Waals surface area (Å²) in [5, 5.41) is 0. The van der Waals surface area contributed by atoms with E-state index in [-0.39, 0.29) is 6.10 Å². The molecule has 0 saturated heterocycles. The second kappa shape index (κ2) is 6.20. The van der Waals surface area contributed by atoms with Crippen molar-refractivity contribution >= 4 is 5.57 Å². The maximum Gasteiger partial charge on any atom is 0.416 e. The van der Waals surface area contributed by atoms with Crippen molar-refractivity contribution < 1.29 is 17.9 Å². The van der Waals surface area contributed by atoms with Gasteiger partial charge in [-0.25, -0.2) is 0 Å². The lowest BCUT2D eigenvalue weighted by Crippen LogP contribution is -2.12. The molecule has 120 valence electrons. The van der Waals surface area contributed by atoms with Crippen LogP contribution >= 0.6 is 0 Å². The molecule has 0 amide bonds. The summed E-state index contributed by atoms with van der Waals surface area (Å²) in [5.74, 6) is 0. The molecule has 1 unspecified atom stereocenters. The van der Waals surface area contributed by atoms with E-state index in [9.17, 15) is 13.2 Å². The molecule has 4 heteroatoms. The van der Waals surface area contributed by atoms with Crippen molar-refractivity contribution in [3.63, 3.8) is 0 Å². The highest BCUT2D eigenvalue weighted by Gasteiger charge is 2.30. The molecular formula is C19H17F3O. The average Bonchev–Trinajstić information content (AvgIpc) is 2.89. The van der Waals surface area contributed by atoms with Crippen molar-refractivity contribution in [3.8, 4) is 0 Å². The van der Waals surface area contributed by atoms with Gasteiger partial charge in [0.2, 0.25) is 0 Å². The highest BCUT2D eigenvalue weighted by atomic mass is 19.4. The molecule has 0 radical (unpaired) electrons. The second-order valence-corrected chi connectivity index (χ2v) is 5.73. The van der Waals surface area contributed by atoms with Crippen LogP contribution in [0.25, 0.3) is 5.57 Å². The van der Waals surface area contributed by atoms with Crippen molar-refractivity contribution in [2.45, 2.75) is 25.6 Å². The zero-order chi connectivity index (χ0) is 16.4. The normalized spacial score (nSPS) is 18.5. The predicted molar refractivity (Wildman–Crippen MR) is 83.9 cm³/mol. The van der Waals surface area contributed by atoms with Gasteiger partial charge in [-0.2, -0.15) is 13.2 Å². The first kappa shape index (κ1) is 15.8. The quantitative estimate of drug-likeness (QED) is 0.763. The summed E-state index contributed by atoms with van der Waals surface area (Å²) in [5.41, 5.74) is 3.43. The van der Waals surface area contributed by atoms with E-state index in [0.717, 1.165) is 35.3 Å². The highest BCUT2D eigenvalue weighted by Crippen LogP contribution is 2.33. The minimum atomic E-state index is -4.30. The Hall–Kier alpha value is -2.07. The third-order valence-electron chi connectivity index (χ3n) is 4.21. The van der Waals surface area contributed by atoms with Crippen LogP contribution in [0.5, 0.6) is 0 Å². The van der Waals surface area contributed by atoms with Gasteiger partial charge in [-0.1, -0.05) is 42.5 Å². The Balaban J connectivity index is 1.80. The molecule has 2 aromatic rings. The van der Waals surface area contributed by atoms with Crippen LogP contribution in [0.15, 0.2) is 60.2 Å². The van der Waals surface area contributed by atoms with E-state index < -0.39 is 11.7 Å². The van der Waals surface area contributed by atoms with Gasteiger partial charge in [-0.15, -0.1) is 0 Å². The zero-order valence-corrected chi connectivity index (χ0v) is 12.7.